The Morgan fingerprint density at radius 3 is 3.22 bits per heavy atom. The number of aromatic nitrogens is 2. The van der Waals surface area contributed by atoms with Crippen molar-refractivity contribution >= 4 is 24.4 Å². The van der Waals surface area contributed by atoms with E-state index in [-0.39, 0.29) is 0 Å². The first-order valence-electron chi connectivity index (χ1n) is 2.61. The molecule has 0 N–H and O–H groups in total. The van der Waals surface area contributed by atoms with Gasteiger partial charge in [0.15, 0.2) is 0 Å². The van der Waals surface area contributed by atoms with E-state index < -0.39 is 0 Å². The molecule has 2 aromatic heterocycles. The Morgan fingerprint density at radius 2 is 2.33 bits per heavy atom. The van der Waals surface area contributed by atoms with E-state index in [0.717, 1.165) is 0 Å². The monoisotopic (exact) mass is 184 g/mol. The van der Waals surface area contributed by atoms with Gasteiger partial charge in [0.05, 0.1) is 0 Å². The summed E-state index contributed by atoms with van der Waals surface area (Å²) in [6, 6.07) is 2.03. The van der Waals surface area contributed by atoms with Crippen molar-refractivity contribution in [3.63, 3.8) is 0 Å². The molecule has 0 spiro atoms. The summed E-state index contributed by atoms with van der Waals surface area (Å²) in [5.41, 5.74) is 0. The standard InChI is InChI=1S/C6H4N2Se/c1-2-7-3-5-4-8-9-6(1)5/h1-4H. The van der Waals surface area contributed by atoms with Crippen LogP contribution in [0, 0.1) is 0 Å². The number of rotatable bonds is 0. The van der Waals surface area contributed by atoms with E-state index >= 15 is 0 Å². The summed E-state index contributed by atoms with van der Waals surface area (Å²) in [6.45, 7) is 0. The van der Waals surface area contributed by atoms with E-state index in [1.165, 1.54) is 9.65 Å². The molecular formula is C6H4N2Se. The minimum atomic E-state index is 0.332. The quantitative estimate of drug-likeness (QED) is 0.561. The molecule has 2 aromatic rings. The normalized spacial score (nSPS) is 10.2. The maximum atomic E-state index is 4.15. The van der Waals surface area contributed by atoms with E-state index in [1.54, 1.807) is 0 Å². The molecule has 0 bridgehead atoms. The fourth-order valence-electron chi connectivity index (χ4n) is 0.714. The molecule has 0 atom stereocenters. The molecule has 0 saturated heterocycles. The van der Waals surface area contributed by atoms with Crippen LogP contribution in [0.3, 0.4) is 0 Å². The molecule has 2 nitrogen and oxygen atoms in total. The number of hydrogen-bond donors (Lipinski definition) is 0. The molecule has 0 aliphatic rings. The minimum absolute atomic E-state index is 0.332. The first-order chi connectivity index (χ1) is 4.47. The Hall–Kier alpha value is -0.661. The van der Waals surface area contributed by atoms with Crippen molar-refractivity contribution in [3.05, 3.63) is 24.7 Å². The van der Waals surface area contributed by atoms with Gasteiger partial charge in [0.1, 0.15) is 0 Å². The number of fused-ring (bicyclic) bond motifs is 1. The molecule has 9 heavy (non-hydrogen) atoms. The van der Waals surface area contributed by atoms with Crippen molar-refractivity contribution in [2.45, 2.75) is 0 Å². The molecule has 0 unspecified atom stereocenters. The van der Waals surface area contributed by atoms with Gasteiger partial charge in [-0.15, -0.1) is 0 Å². The van der Waals surface area contributed by atoms with E-state index in [1.807, 2.05) is 24.7 Å². The van der Waals surface area contributed by atoms with Crippen molar-refractivity contribution in [1.29, 1.82) is 0 Å². The molecular weight excluding hydrogens is 179 g/mol. The number of nitrogens with zero attached hydrogens (tertiary/aromatic N) is 2. The fourth-order valence-corrected chi connectivity index (χ4v) is 2.00. The molecule has 0 amide bonds. The Bertz CT molecular complexity index is 285. The Balaban J connectivity index is 2.95. The summed E-state index contributed by atoms with van der Waals surface area (Å²) < 4.78 is 5.49. The fraction of sp³-hybridized carbons (Fsp3) is 0. The summed E-state index contributed by atoms with van der Waals surface area (Å²) in [4.78, 5) is 3.98. The van der Waals surface area contributed by atoms with Crippen LogP contribution < -0.4 is 0 Å². The zero-order chi connectivity index (χ0) is 6.10. The summed E-state index contributed by atoms with van der Waals surface area (Å²) in [5, 5.41) is 1.19. The average Bonchev–Trinajstić information content (AvgIpc) is 2.33. The molecule has 0 radical (unpaired) electrons. The second-order valence-corrected chi connectivity index (χ2v) is 3.49. The van der Waals surface area contributed by atoms with Crippen LogP contribution in [0.2, 0.25) is 0 Å². The molecule has 0 aromatic carbocycles. The Labute approximate surface area is 58.5 Å². The number of hydrogen-bond acceptors (Lipinski definition) is 2. The molecule has 2 heterocycles. The van der Waals surface area contributed by atoms with Gasteiger partial charge >= 0.3 is 58.0 Å². The van der Waals surface area contributed by atoms with Crippen LogP contribution in [0.4, 0.5) is 0 Å². The molecule has 0 aliphatic heterocycles. The average molecular weight is 183 g/mol. The van der Waals surface area contributed by atoms with Crippen molar-refractivity contribution < 1.29 is 0 Å². The van der Waals surface area contributed by atoms with Crippen molar-refractivity contribution in [2.75, 3.05) is 0 Å². The second kappa shape index (κ2) is 1.94. The van der Waals surface area contributed by atoms with Crippen LogP contribution >= 0.6 is 0 Å². The third-order valence-electron chi connectivity index (χ3n) is 1.15. The van der Waals surface area contributed by atoms with Crippen LogP contribution in [0.15, 0.2) is 24.7 Å². The third kappa shape index (κ3) is 0.784. The van der Waals surface area contributed by atoms with Crippen LogP contribution in [-0.2, 0) is 0 Å². The van der Waals surface area contributed by atoms with E-state index in [9.17, 15) is 0 Å². The third-order valence-corrected chi connectivity index (χ3v) is 2.79. The SMILES string of the molecule is c1cc2[se]ncc2cn1. The molecule has 0 saturated carbocycles. The van der Waals surface area contributed by atoms with E-state index in [2.05, 4.69) is 8.96 Å². The van der Waals surface area contributed by atoms with Gasteiger partial charge < -0.3 is 0 Å². The zero-order valence-corrected chi connectivity index (χ0v) is 6.33. The zero-order valence-electron chi connectivity index (χ0n) is 4.61. The van der Waals surface area contributed by atoms with Crippen LogP contribution in [0.25, 0.3) is 9.65 Å². The van der Waals surface area contributed by atoms with E-state index in [0.29, 0.717) is 14.7 Å². The maximum absolute atomic E-state index is 4.15. The summed E-state index contributed by atoms with van der Waals surface area (Å²) in [5.74, 6) is 0. The molecule has 2 rings (SSSR count). The van der Waals surface area contributed by atoms with Gasteiger partial charge in [-0.1, -0.05) is 0 Å². The first kappa shape index (κ1) is 5.15. The van der Waals surface area contributed by atoms with E-state index in [4.69, 9.17) is 0 Å². The predicted molar refractivity (Wildman–Crippen MR) is 36.5 cm³/mol. The topological polar surface area (TPSA) is 25.8 Å². The molecule has 0 aliphatic carbocycles. The van der Waals surface area contributed by atoms with Crippen molar-refractivity contribution in [3.8, 4) is 0 Å². The van der Waals surface area contributed by atoms with Crippen LogP contribution in [0.1, 0.15) is 0 Å². The summed E-state index contributed by atoms with van der Waals surface area (Å²) >= 11 is 0.332. The molecule has 44 valence electrons. The number of pyridine rings is 1. The molecule has 0 fully saturated rings. The molecule has 3 heteroatoms. The van der Waals surface area contributed by atoms with Gasteiger partial charge in [0, 0.05) is 0 Å². The Kier molecular flexibility index (Phi) is 1.11. The predicted octanol–water partition coefficient (Wildman–Crippen LogP) is 0.687. The van der Waals surface area contributed by atoms with Gasteiger partial charge in [-0.05, 0) is 0 Å². The first-order valence-corrected chi connectivity index (χ1v) is 4.23. The van der Waals surface area contributed by atoms with Crippen molar-refractivity contribution in [2.24, 2.45) is 0 Å². The Morgan fingerprint density at radius 1 is 1.33 bits per heavy atom. The van der Waals surface area contributed by atoms with Gasteiger partial charge in [0.25, 0.3) is 0 Å². The van der Waals surface area contributed by atoms with Gasteiger partial charge in [-0.3, -0.25) is 0 Å². The summed E-state index contributed by atoms with van der Waals surface area (Å²) in [6.07, 6.45) is 5.56. The van der Waals surface area contributed by atoms with Crippen LogP contribution in [0.5, 0.6) is 0 Å². The van der Waals surface area contributed by atoms with Crippen molar-refractivity contribution in [1.82, 2.24) is 8.96 Å². The van der Waals surface area contributed by atoms with Crippen LogP contribution in [-0.4, -0.2) is 23.7 Å². The summed E-state index contributed by atoms with van der Waals surface area (Å²) in [7, 11) is 0. The second-order valence-electron chi connectivity index (χ2n) is 1.74. The van der Waals surface area contributed by atoms with Gasteiger partial charge in [-0.2, -0.15) is 0 Å². The van der Waals surface area contributed by atoms with Gasteiger partial charge in [0.2, 0.25) is 0 Å². The van der Waals surface area contributed by atoms with Gasteiger partial charge in [-0.25, -0.2) is 0 Å².